The maximum atomic E-state index is 9.27. The number of hydrogen-bond donors (Lipinski definition) is 2. The largest absolute Gasteiger partial charge is 0.394 e. The van der Waals surface area contributed by atoms with Gasteiger partial charge in [0.05, 0.1) is 31.6 Å². The molecule has 1 aromatic heterocycles. The van der Waals surface area contributed by atoms with E-state index in [0.717, 1.165) is 18.7 Å². The Morgan fingerprint density at radius 1 is 1.53 bits per heavy atom. The van der Waals surface area contributed by atoms with Crippen molar-refractivity contribution in [2.24, 2.45) is 5.92 Å². The number of aliphatic hydroxyl groups excluding tert-OH is 1. The molecule has 2 N–H and O–H groups in total. The number of hydrogen-bond acceptors (Lipinski definition) is 4. The van der Waals surface area contributed by atoms with E-state index < -0.39 is 0 Å². The van der Waals surface area contributed by atoms with Gasteiger partial charge in [0.25, 0.3) is 0 Å². The number of aliphatic hydroxyl groups is 1. The molecule has 5 heteroatoms. The van der Waals surface area contributed by atoms with Crippen LogP contribution in [0.5, 0.6) is 0 Å². The van der Waals surface area contributed by atoms with Gasteiger partial charge in [0, 0.05) is 19.3 Å². The molecule has 1 aromatic rings. The third-order valence-corrected chi connectivity index (χ3v) is 2.50. The fraction of sp³-hybridized carbons (Fsp3) is 0.750. The molecular formula is C12H23N3O2. The molecular weight excluding hydrogens is 218 g/mol. The number of rotatable bonds is 8. The summed E-state index contributed by atoms with van der Waals surface area (Å²) >= 11 is 0. The molecule has 17 heavy (non-hydrogen) atoms. The van der Waals surface area contributed by atoms with Crippen LogP contribution in [-0.2, 0) is 11.3 Å². The highest BCUT2D eigenvalue weighted by atomic mass is 16.5. The zero-order valence-corrected chi connectivity index (χ0v) is 10.9. The molecule has 0 aromatic carbocycles. The molecule has 0 amide bonds. The zero-order chi connectivity index (χ0) is 12.7. The Bertz CT molecular complexity index is 312. The van der Waals surface area contributed by atoms with Crippen LogP contribution in [0, 0.1) is 5.92 Å². The Morgan fingerprint density at radius 2 is 2.29 bits per heavy atom. The first-order valence-corrected chi connectivity index (χ1v) is 6.04. The van der Waals surface area contributed by atoms with E-state index in [1.54, 1.807) is 13.3 Å². The van der Waals surface area contributed by atoms with Crippen LogP contribution in [0.2, 0.25) is 0 Å². The van der Waals surface area contributed by atoms with Gasteiger partial charge in [-0.1, -0.05) is 13.8 Å². The quantitative estimate of drug-likeness (QED) is 0.721. The first-order valence-electron chi connectivity index (χ1n) is 6.04. The second kappa shape index (κ2) is 7.29. The number of methoxy groups -OCH3 is 1. The standard InChI is InChI=1S/C12H23N3O2/c1-10(2)6-11(9-16)14-12-7-13-15(8-12)4-5-17-3/h7-8,10-11,14,16H,4-6,9H2,1-3H3/t11-/m1/s1. The topological polar surface area (TPSA) is 59.3 Å². The number of nitrogens with zero attached hydrogens (tertiary/aromatic N) is 2. The Kier molecular flexibility index (Phi) is 6.00. The van der Waals surface area contributed by atoms with Crippen LogP contribution < -0.4 is 5.32 Å². The second-order valence-corrected chi connectivity index (χ2v) is 4.64. The molecule has 0 aliphatic rings. The lowest BCUT2D eigenvalue weighted by atomic mass is 10.0. The van der Waals surface area contributed by atoms with Gasteiger partial charge in [-0.05, 0) is 12.3 Å². The van der Waals surface area contributed by atoms with Crippen LogP contribution in [0.4, 0.5) is 5.69 Å². The van der Waals surface area contributed by atoms with E-state index in [9.17, 15) is 5.11 Å². The second-order valence-electron chi connectivity index (χ2n) is 4.64. The number of anilines is 1. The normalized spacial score (nSPS) is 13.0. The predicted molar refractivity (Wildman–Crippen MR) is 68.1 cm³/mol. The van der Waals surface area contributed by atoms with E-state index in [2.05, 4.69) is 24.3 Å². The van der Waals surface area contributed by atoms with Crippen LogP contribution >= 0.6 is 0 Å². The van der Waals surface area contributed by atoms with Crippen molar-refractivity contribution in [1.29, 1.82) is 0 Å². The molecule has 0 spiro atoms. The van der Waals surface area contributed by atoms with Crippen molar-refractivity contribution < 1.29 is 9.84 Å². The van der Waals surface area contributed by atoms with Gasteiger partial charge in [0.2, 0.25) is 0 Å². The third-order valence-electron chi connectivity index (χ3n) is 2.50. The molecule has 0 unspecified atom stereocenters. The smallest absolute Gasteiger partial charge is 0.0729 e. The van der Waals surface area contributed by atoms with E-state index in [-0.39, 0.29) is 12.6 Å². The van der Waals surface area contributed by atoms with Gasteiger partial charge >= 0.3 is 0 Å². The molecule has 0 saturated heterocycles. The fourth-order valence-electron chi connectivity index (χ4n) is 1.73. The Labute approximate surface area is 103 Å². The van der Waals surface area contributed by atoms with Crippen molar-refractivity contribution in [3.63, 3.8) is 0 Å². The van der Waals surface area contributed by atoms with E-state index in [1.807, 2.05) is 10.9 Å². The lowest BCUT2D eigenvalue weighted by molar-refractivity contribution is 0.183. The zero-order valence-electron chi connectivity index (χ0n) is 10.9. The molecule has 0 radical (unpaired) electrons. The summed E-state index contributed by atoms with van der Waals surface area (Å²) in [6, 6.07) is 0.0927. The lowest BCUT2D eigenvalue weighted by Crippen LogP contribution is -2.25. The number of nitrogens with one attached hydrogen (secondary N) is 1. The van der Waals surface area contributed by atoms with Crippen molar-refractivity contribution >= 4 is 5.69 Å². The van der Waals surface area contributed by atoms with Crippen molar-refractivity contribution in [1.82, 2.24) is 9.78 Å². The van der Waals surface area contributed by atoms with Gasteiger partial charge in [-0.15, -0.1) is 0 Å². The molecule has 98 valence electrons. The first kappa shape index (κ1) is 14.0. The molecule has 5 nitrogen and oxygen atoms in total. The maximum Gasteiger partial charge on any atom is 0.0729 e. The Morgan fingerprint density at radius 3 is 2.88 bits per heavy atom. The molecule has 0 fully saturated rings. The third kappa shape index (κ3) is 5.19. The van der Waals surface area contributed by atoms with Crippen molar-refractivity contribution in [3.8, 4) is 0 Å². The van der Waals surface area contributed by atoms with Gasteiger partial charge in [-0.3, -0.25) is 4.68 Å². The number of ether oxygens (including phenoxy) is 1. The summed E-state index contributed by atoms with van der Waals surface area (Å²) in [5, 5.41) is 16.8. The van der Waals surface area contributed by atoms with Crippen molar-refractivity contribution in [2.75, 3.05) is 25.6 Å². The van der Waals surface area contributed by atoms with E-state index >= 15 is 0 Å². The lowest BCUT2D eigenvalue weighted by Gasteiger charge is -2.18. The summed E-state index contributed by atoms with van der Waals surface area (Å²) in [6.45, 7) is 5.82. The van der Waals surface area contributed by atoms with Crippen LogP contribution in [0.25, 0.3) is 0 Å². The average Bonchev–Trinajstić information content (AvgIpc) is 2.72. The minimum Gasteiger partial charge on any atom is -0.394 e. The summed E-state index contributed by atoms with van der Waals surface area (Å²) in [5.74, 6) is 0.559. The van der Waals surface area contributed by atoms with E-state index in [0.29, 0.717) is 12.5 Å². The summed E-state index contributed by atoms with van der Waals surface area (Å²) in [7, 11) is 1.67. The number of aromatic nitrogens is 2. The Balaban J connectivity index is 2.46. The molecule has 1 atom stereocenters. The molecule has 0 bridgehead atoms. The summed E-state index contributed by atoms with van der Waals surface area (Å²) in [5.41, 5.74) is 0.945. The van der Waals surface area contributed by atoms with E-state index in [1.165, 1.54) is 0 Å². The first-order chi connectivity index (χ1) is 8.15. The summed E-state index contributed by atoms with van der Waals surface area (Å²) in [6.07, 6.45) is 4.65. The van der Waals surface area contributed by atoms with Crippen molar-refractivity contribution in [2.45, 2.75) is 32.9 Å². The Hall–Kier alpha value is -1.07. The van der Waals surface area contributed by atoms with Gasteiger partial charge in [-0.25, -0.2) is 0 Å². The monoisotopic (exact) mass is 241 g/mol. The minimum absolute atomic E-state index is 0.0927. The van der Waals surface area contributed by atoms with Gasteiger partial charge < -0.3 is 15.2 Å². The molecule has 1 heterocycles. The molecule has 0 aliphatic heterocycles. The minimum atomic E-state index is 0.0927. The average molecular weight is 241 g/mol. The van der Waals surface area contributed by atoms with Crippen molar-refractivity contribution in [3.05, 3.63) is 12.4 Å². The molecule has 0 saturated carbocycles. The van der Waals surface area contributed by atoms with Gasteiger partial charge in [0.15, 0.2) is 0 Å². The highest BCUT2D eigenvalue weighted by Crippen LogP contribution is 2.12. The van der Waals surface area contributed by atoms with Crippen LogP contribution in [-0.4, -0.2) is 41.3 Å². The van der Waals surface area contributed by atoms with Crippen LogP contribution in [0.3, 0.4) is 0 Å². The SMILES string of the molecule is COCCn1cc(N[C@@H](CO)CC(C)C)cn1. The molecule has 1 rings (SSSR count). The van der Waals surface area contributed by atoms with Crippen LogP contribution in [0.15, 0.2) is 12.4 Å². The molecule has 0 aliphatic carbocycles. The van der Waals surface area contributed by atoms with Gasteiger partial charge in [-0.2, -0.15) is 5.10 Å². The summed E-state index contributed by atoms with van der Waals surface area (Å²) in [4.78, 5) is 0. The van der Waals surface area contributed by atoms with Gasteiger partial charge in [0.1, 0.15) is 0 Å². The van der Waals surface area contributed by atoms with E-state index in [4.69, 9.17) is 4.74 Å². The summed E-state index contributed by atoms with van der Waals surface area (Å²) < 4.78 is 6.82. The fourth-order valence-corrected chi connectivity index (χ4v) is 1.73. The highest BCUT2D eigenvalue weighted by molar-refractivity contribution is 5.39. The highest BCUT2D eigenvalue weighted by Gasteiger charge is 2.10. The maximum absolute atomic E-state index is 9.27. The van der Waals surface area contributed by atoms with Crippen LogP contribution in [0.1, 0.15) is 20.3 Å². The predicted octanol–water partition coefficient (Wildman–Crippen LogP) is 1.35.